The molecule has 0 heterocycles. The molecular formula is C20H28O4. The molecule has 1 saturated carbocycles. The standard InChI is InChI=1S/C20H28O4/c1-9(2)11-7-13-17-15(16(11)18(22)19(13,5)23)12(10(3)4)8-14(21)20(17,6)24/h7-10,13,15-17,23-24H,1-6H3/t13-,15-,16+,17-,19+,20-/m0/s1. The van der Waals surface area contributed by atoms with Crippen LogP contribution in [0.2, 0.25) is 0 Å². The molecule has 0 unspecified atom stereocenters. The van der Waals surface area contributed by atoms with Gasteiger partial charge >= 0.3 is 0 Å². The number of rotatable bonds is 2. The molecule has 24 heavy (non-hydrogen) atoms. The van der Waals surface area contributed by atoms with Gasteiger partial charge in [0, 0.05) is 23.7 Å². The number of ketones is 2. The van der Waals surface area contributed by atoms with E-state index in [4.69, 9.17) is 0 Å². The monoisotopic (exact) mass is 332 g/mol. The molecule has 0 radical (unpaired) electrons. The van der Waals surface area contributed by atoms with E-state index in [-0.39, 0.29) is 29.3 Å². The number of aliphatic hydroxyl groups is 2. The van der Waals surface area contributed by atoms with Crippen LogP contribution in [-0.2, 0) is 9.59 Å². The summed E-state index contributed by atoms with van der Waals surface area (Å²) in [5, 5.41) is 21.8. The summed E-state index contributed by atoms with van der Waals surface area (Å²) in [5.74, 6) is -1.86. The van der Waals surface area contributed by atoms with Crippen molar-refractivity contribution in [1.29, 1.82) is 0 Å². The zero-order valence-corrected chi connectivity index (χ0v) is 15.3. The fraction of sp³-hybridized carbons (Fsp3) is 0.700. The SMILES string of the molecule is CC(C)C1=C[C@H]2[C@H]3[C@@H](C(C(C)C)=CC(=O)[C@]3(C)O)[C@@H]1C(=O)[C@]2(C)O. The van der Waals surface area contributed by atoms with E-state index in [1.54, 1.807) is 6.08 Å². The maximum atomic E-state index is 13.1. The molecule has 0 spiro atoms. The number of hydrogen-bond acceptors (Lipinski definition) is 4. The van der Waals surface area contributed by atoms with Crippen LogP contribution in [0.5, 0.6) is 0 Å². The zero-order valence-electron chi connectivity index (χ0n) is 15.3. The maximum Gasteiger partial charge on any atom is 0.187 e. The summed E-state index contributed by atoms with van der Waals surface area (Å²) in [6.45, 7) is 11.2. The lowest BCUT2D eigenvalue weighted by Crippen LogP contribution is -2.68. The Morgan fingerprint density at radius 3 is 2.00 bits per heavy atom. The third kappa shape index (κ3) is 2.05. The fourth-order valence-electron chi connectivity index (χ4n) is 5.12. The van der Waals surface area contributed by atoms with Crippen LogP contribution >= 0.6 is 0 Å². The molecule has 0 aromatic rings. The first-order chi connectivity index (χ1) is 10.9. The number of allylic oxidation sites excluding steroid dienone is 2. The second kappa shape index (κ2) is 5.12. The van der Waals surface area contributed by atoms with Gasteiger partial charge in [-0.3, -0.25) is 9.59 Å². The highest BCUT2D eigenvalue weighted by Crippen LogP contribution is 2.59. The largest absolute Gasteiger partial charge is 0.382 e. The summed E-state index contributed by atoms with van der Waals surface area (Å²) in [6.07, 6.45) is 3.51. The van der Waals surface area contributed by atoms with E-state index in [0.29, 0.717) is 0 Å². The Labute approximate surface area is 143 Å². The van der Waals surface area contributed by atoms with E-state index in [0.717, 1.165) is 11.1 Å². The van der Waals surface area contributed by atoms with Crippen molar-refractivity contribution in [3.8, 4) is 0 Å². The number of carbonyl (C=O) groups is 2. The van der Waals surface area contributed by atoms with E-state index in [1.807, 2.05) is 19.9 Å². The van der Waals surface area contributed by atoms with Gasteiger partial charge in [-0.05, 0) is 31.8 Å². The van der Waals surface area contributed by atoms with Gasteiger partial charge in [0.05, 0.1) is 0 Å². The molecule has 4 heteroatoms. The van der Waals surface area contributed by atoms with E-state index in [2.05, 4.69) is 13.8 Å². The second-order valence-electron chi connectivity index (χ2n) is 8.70. The van der Waals surface area contributed by atoms with Crippen molar-refractivity contribution in [2.75, 3.05) is 0 Å². The Bertz CT molecular complexity index is 663. The predicted molar refractivity (Wildman–Crippen MR) is 91.1 cm³/mol. The summed E-state index contributed by atoms with van der Waals surface area (Å²) in [7, 11) is 0. The van der Waals surface area contributed by atoms with E-state index < -0.39 is 29.0 Å². The van der Waals surface area contributed by atoms with Gasteiger partial charge in [0.15, 0.2) is 11.6 Å². The molecule has 132 valence electrons. The summed E-state index contributed by atoms with van der Waals surface area (Å²) in [6, 6.07) is 0. The molecule has 0 aromatic carbocycles. The summed E-state index contributed by atoms with van der Waals surface area (Å²) >= 11 is 0. The van der Waals surface area contributed by atoms with Crippen LogP contribution in [0.1, 0.15) is 41.5 Å². The minimum atomic E-state index is -1.56. The molecule has 4 aliphatic carbocycles. The highest BCUT2D eigenvalue weighted by atomic mass is 16.3. The van der Waals surface area contributed by atoms with Crippen molar-refractivity contribution < 1.29 is 19.8 Å². The van der Waals surface area contributed by atoms with Crippen molar-refractivity contribution in [1.82, 2.24) is 0 Å². The first-order valence-electron chi connectivity index (χ1n) is 8.88. The minimum absolute atomic E-state index is 0.114. The Kier molecular flexibility index (Phi) is 3.75. The lowest BCUT2D eigenvalue weighted by molar-refractivity contribution is -0.178. The van der Waals surface area contributed by atoms with Gasteiger partial charge in [0.25, 0.3) is 0 Å². The van der Waals surface area contributed by atoms with Crippen molar-refractivity contribution >= 4 is 11.6 Å². The van der Waals surface area contributed by atoms with E-state index in [9.17, 15) is 19.8 Å². The summed E-state index contributed by atoms with van der Waals surface area (Å²) < 4.78 is 0. The quantitative estimate of drug-likeness (QED) is 0.761. The van der Waals surface area contributed by atoms with Gasteiger partial charge in [-0.1, -0.05) is 44.9 Å². The average Bonchev–Trinajstić information content (AvgIpc) is 2.46. The molecule has 0 saturated heterocycles. The molecule has 4 aliphatic rings. The fourth-order valence-corrected chi connectivity index (χ4v) is 5.12. The van der Waals surface area contributed by atoms with Gasteiger partial charge in [-0.25, -0.2) is 0 Å². The number of Topliss-reactive ketones (excluding diaryl/α,β-unsaturated/α-hetero) is 1. The topological polar surface area (TPSA) is 74.6 Å². The van der Waals surface area contributed by atoms with Crippen LogP contribution in [0.15, 0.2) is 23.3 Å². The Balaban J connectivity index is 2.28. The Morgan fingerprint density at radius 1 is 0.958 bits per heavy atom. The molecule has 6 atom stereocenters. The highest BCUT2D eigenvalue weighted by molar-refractivity contribution is 6.01. The van der Waals surface area contributed by atoms with Crippen LogP contribution in [0.3, 0.4) is 0 Å². The Hall–Kier alpha value is -1.26. The molecule has 0 amide bonds. The van der Waals surface area contributed by atoms with Gasteiger partial charge < -0.3 is 10.2 Å². The van der Waals surface area contributed by atoms with Crippen LogP contribution < -0.4 is 0 Å². The highest BCUT2D eigenvalue weighted by Gasteiger charge is 2.66. The van der Waals surface area contributed by atoms with Gasteiger partial charge in [-0.2, -0.15) is 0 Å². The first-order valence-corrected chi connectivity index (χ1v) is 8.88. The number of fused-ring (bicyclic) bond motifs is 1. The Morgan fingerprint density at radius 2 is 1.50 bits per heavy atom. The smallest absolute Gasteiger partial charge is 0.187 e. The first kappa shape index (κ1) is 17.6. The van der Waals surface area contributed by atoms with Crippen molar-refractivity contribution in [3.63, 3.8) is 0 Å². The molecule has 2 bridgehead atoms. The van der Waals surface area contributed by atoms with Crippen LogP contribution in [0.4, 0.5) is 0 Å². The predicted octanol–water partition coefficient (Wildman–Crippen LogP) is 2.30. The lowest BCUT2D eigenvalue weighted by Gasteiger charge is -2.59. The molecule has 4 rings (SSSR count). The van der Waals surface area contributed by atoms with Crippen molar-refractivity contribution in [3.05, 3.63) is 23.3 Å². The second-order valence-corrected chi connectivity index (χ2v) is 8.70. The lowest BCUT2D eigenvalue weighted by atomic mass is 9.45. The van der Waals surface area contributed by atoms with Gasteiger partial charge in [0.1, 0.15) is 11.2 Å². The molecule has 1 fully saturated rings. The van der Waals surface area contributed by atoms with Crippen LogP contribution in [-0.4, -0.2) is 33.0 Å². The van der Waals surface area contributed by atoms with Crippen LogP contribution in [0.25, 0.3) is 0 Å². The molecule has 2 N–H and O–H groups in total. The van der Waals surface area contributed by atoms with Gasteiger partial charge in [0.2, 0.25) is 0 Å². The van der Waals surface area contributed by atoms with E-state index in [1.165, 1.54) is 13.8 Å². The van der Waals surface area contributed by atoms with Crippen LogP contribution in [0, 0.1) is 35.5 Å². The van der Waals surface area contributed by atoms with Gasteiger partial charge in [-0.15, -0.1) is 0 Å². The van der Waals surface area contributed by atoms with Crippen molar-refractivity contribution in [2.24, 2.45) is 35.5 Å². The summed E-state index contributed by atoms with van der Waals surface area (Å²) in [4.78, 5) is 25.6. The molecule has 4 nitrogen and oxygen atoms in total. The molecular weight excluding hydrogens is 304 g/mol. The zero-order chi connectivity index (χ0) is 18.2. The average molecular weight is 332 g/mol. The van der Waals surface area contributed by atoms with Crippen molar-refractivity contribution in [2.45, 2.75) is 52.7 Å². The minimum Gasteiger partial charge on any atom is -0.382 e. The number of carbonyl (C=O) groups excluding carboxylic acids is 2. The maximum absolute atomic E-state index is 13.1. The third-order valence-corrected chi connectivity index (χ3v) is 6.46. The third-order valence-electron chi connectivity index (χ3n) is 6.46. The molecule has 0 aromatic heterocycles. The summed E-state index contributed by atoms with van der Waals surface area (Å²) in [5.41, 5.74) is -1.13. The normalized spacial score (nSPS) is 44.8. The number of hydrogen-bond donors (Lipinski definition) is 2. The van der Waals surface area contributed by atoms with E-state index >= 15 is 0 Å². The molecule has 0 aliphatic heterocycles.